The second kappa shape index (κ2) is 6.08. The second-order valence-corrected chi connectivity index (χ2v) is 5.50. The average Bonchev–Trinajstić information content (AvgIpc) is 2.97. The number of aromatic nitrogens is 1. The fraction of sp³-hybridized carbons (Fsp3) is 0.0667. The first-order valence-electron chi connectivity index (χ1n) is 6.16. The molecule has 21 heavy (non-hydrogen) atoms. The SMILES string of the molecule is N#CN1CSC=C1Oc1ccc(Cl)cc1-c1ccccn1. The van der Waals surface area contributed by atoms with Crippen LogP contribution in [0.1, 0.15) is 0 Å². The number of nitrogens with zero attached hydrogens (tertiary/aromatic N) is 3. The van der Waals surface area contributed by atoms with E-state index in [1.54, 1.807) is 24.4 Å². The van der Waals surface area contributed by atoms with Crippen molar-refractivity contribution in [3.05, 3.63) is 58.9 Å². The van der Waals surface area contributed by atoms with E-state index in [2.05, 4.69) is 11.2 Å². The van der Waals surface area contributed by atoms with Crippen molar-refractivity contribution in [1.29, 1.82) is 5.26 Å². The Bertz CT molecular complexity index is 727. The van der Waals surface area contributed by atoms with Crippen LogP contribution in [0.15, 0.2) is 53.9 Å². The lowest BCUT2D eigenvalue weighted by Crippen LogP contribution is -2.16. The lowest BCUT2D eigenvalue weighted by Gasteiger charge is -2.15. The van der Waals surface area contributed by atoms with Crippen LogP contribution >= 0.6 is 23.4 Å². The highest BCUT2D eigenvalue weighted by Crippen LogP contribution is 2.34. The molecule has 0 N–H and O–H groups in total. The molecule has 2 heterocycles. The molecule has 4 nitrogen and oxygen atoms in total. The molecule has 0 saturated heterocycles. The first-order chi connectivity index (χ1) is 10.3. The molecule has 1 aromatic heterocycles. The summed E-state index contributed by atoms with van der Waals surface area (Å²) in [4.78, 5) is 5.81. The van der Waals surface area contributed by atoms with Gasteiger partial charge in [0.25, 0.3) is 0 Å². The summed E-state index contributed by atoms with van der Waals surface area (Å²) in [5.74, 6) is 1.70. The van der Waals surface area contributed by atoms with Gasteiger partial charge in [-0.3, -0.25) is 4.98 Å². The summed E-state index contributed by atoms with van der Waals surface area (Å²) in [7, 11) is 0. The Hall–Kier alpha value is -2.16. The van der Waals surface area contributed by atoms with E-state index in [-0.39, 0.29) is 0 Å². The van der Waals surface area contributed by atoms with Gasteiger partial charge in [-0.05, 0) is 30.3 Å². The summed E-state index contributed by atoms with van der Waals surface area (Å²) < 4.78 is 5.86. The van der Waals surface area contributed by atoms with Gasteiger partial charge >= 0.3 is 0 Å². The largest absolute Gasteiger partial charge is 0.439 e. The molecule has 3 rings (SSSR count). The van der Waals surface area contributed by atoms with Crippen molar-refractivity contribution in [2.24, 2.45) is 0 Å². The molecule has 0 spiro atoms. The third kappa shape index (κ3) is 2.97. The summed E-state index contributed by atoms with van der Waals surface area (Å²) >= 11 is 7.59. The summed E-state index contributed by atoms with van der Waals surface area (Å²) in [5.41, 5.74) is 1.56. The molecule has 1 aromatic carbocycles. The summed E-state index contributed by atoms with van der Waals surface area (Å²) in [6.07, 6.45) is 3.80. The van der Waals surface area contributed by atoms with Crippen LogP contribution in [0.4, 0.5) is 0 Å². The Kier molecular flexibility index (Phi) is 4.00. The molecular formula is C15H10ClN3OS. The van der Waals surface area contributed by atoms with Gasteiger partial charge in [-0.2, -0.15) is 5.26 Å². The van der Waals surface area contributed by atoms with Gasteiger partial charge in [0.1, 0.15) is 5.75 Å². The minimum Gasteiger partial charge on any atom is -0.439 e. The fourth-order valence-corrected chi connectivity index (χ4v) is 2.79. The van der Waals surface area contributed by atoms with Gasteiger partial charge in [0.2, 0.25) is 5.88 Å². The van der Waals surface area contributed by atoms with Crippen LogP contribution in [0.3, 0.4) is 0 Å². The lowest BCUT2D eigenvalue weighted by molar-refractivity contribution is 0.309. The first kappa shape index (κ1) is 13.8. The highest BCUT2D eigenvalue weighted by molar-refractivity contribution is 8.02. The van der Waals surface area contributed by atoms with Gasteiger partial charge in [0, 0.05) is 22.2 Å². The molecule has 0 saturated carbocycles. The standard InChI is InChI=1S/C15H10ClN3OS/c16-11-4-5-14(20-15-8-21-10-19(15)9-17)12(7-11)13-3-1-2-6-18-13/h1-8H,10H2. The Balaban J connectivity index is 1.98. The average molecular weight is 316 g/mol. The second-order valence-electron chi connectivity index (χ2n) is 4.24. The minimum atomic E-state index is 0.516. The van der Waals surface area contributed by atoms with E-state index >= 15 is 0 Å². The van der Waals surface area contributed by atoms with E-state index in [1.165, 1.54) is 16.7 Å². The quantitative estimate of drug-likeness (QED) is 0.799. The van der Waals surface area contributed by atoms with E-state index in [1.807, 2.05) is 23.6 Å². The molecule has 1 aliphatic heterocycles. The van der Waals surface area contributed by atoms with Crippen molar-refractivity contribution < 1.29 is 4.74 Å². The highest BCUT2D eigenvalue weighted by Gasteiger charge is 2.19. The number of benzene rings is 1. The van der Waals surface area contributed by atoms with Gasteiger partial charge < -0.3 is 4.74 Å². The number of halogens is 1. The Labute approximate surface area is 131 Å². The van der Waals surface area contributed by atoms with Crippen LogP contribution in [0.2, 0.25) is 5.02 Å². The zero-order valence-electron chi connectivity index (χ0n) is 10.9. The Morgan fingerprint density at radius 1 is 1.33 bits per heavy atom. The van der Waals surface area contributed by atoms with E-state index < -0.39 is 0 Å². The molecule has 104 valence electrons. The Morgan fingerprint density at radius 3 is 3.00 bits per heavy atom. The van der Waals surface area contributed by atoms with Crippen molar-refractivity contribution in [3.63, 3.8) is 0 Å². The van der Waals surface area contributed by atoms with Crippen LogP contribution in [-0.2, 0) is 0 Å². The van der Waals surface area contributed by atoms with Crippen LogP contribution in [0.25, 0.3) is 11.3 Å². The van der Waals surface area contributed by atoms with Crippen LogP contribution in [0, 0.1) is 11.5 Å². The first-order valence-corrected chi connectivity index (χ1v) is 7.58. The van der Waals surface area contributed by atoms with Gasteiger partial charge in [-0.25, -0.2) is 4.90 Å². The number of ether oxygens (including phenoxy) is 1. The third-order valence-corrected chi connectivity index (χ3v) is 3.88. The van der Waals surface area contributed by atoms with Gasteiger partial charge in [0.05, 0.1) is 11.6 Å². The van der Waals surface area contributed by atoms with Crippen molar-refractivity contribution in [3.8, 4) is 23.2 Å². The lowest BCUT2D eigenvalue weighted by atomic mass is 10.1. The van der Waals surface area contributed by atoms with Crippen molar-refractivity contribution >= 4 is 23.4 Å². The molecule has 0 fully saturated rings. The molecule has 0 unspecified atom stereocenters. The number of rotatable bonds is 3. The zero-order valence-corrected chi connectivity index (χ0v) is 12.4. The van der Waals surface area contributed by atoms with E-state index in [4.69, 9.17) is 21.6 Å². The topological polar surface area (TPSA) is 49.2 Å². The molecule has 6 heteroatoms. The summed E-state index contributed by atoms with van der Waals surface area (Å²) in [6.45, 7) is 0. The fourth-order valence-electron chi connectivity index (χ4n) is 1.89. The predicted molar refractivity (Wildman–Crippen MR) is 83.3 cm³/mol. The van der Waals surface area contributed by atoms with Crippen molar-refractivity contribution in [1.82, 2.24) is 9.88 Å². The maximum atomic E-state index is 9.05. The molecule has 0 aliphatic carbocycles. The van der Waals surface area contributed by atoms with Crippen LogP contribution in [-0.4, -0.2) is 15.8 Å². The molecule has 0 amide bonds. The maximum absolute atomic E-state index is 9.05. The number of hydrogen-bond donors (Lipinski definition) is 0. The maximum Gasteiger partial charge on any atom is 0.216 e. The smallest absolute Gasteiger partial charge is 0.216 e. The van der Waals surface area contributed by atoms with Gasteiger partial charge in [-0.15, -0.1) is 11.8 Å². The minimum absolute atomic E-state index is 0.516. The molecule has 0 radical (unpaired) electrons. The third-order valence-electron chi connectivity index (χ3n) is 2.87. The zero-order chi connectivity index (χ0) is 14.7. The number of hydrogen-bond acceptors (Lipinski definition) is 5. The normalized spacial score (nSPS) is 13.7. The van der Waals surface area contributed by atoms with Gasteiger partial charge in [-0.1, -0.05) is 17.7 Å². The molecular weight excluding hydrogens is 306 g/mol. The van der Waals surface area contributed by atoms with E-state index in [0.29, 0.717) is 22.5 Å². The molecule has 0 atom stereocenters. The van der Waals surface area contributed by atoms with Crippen LogP contribution < -0.4 is 4.74 Å². The van der Waals surface area contributed by atoms with Crippen molar-refractivity contribution in [2.75, 3.05) is 5.88 Å². The summed E-state index contributed by atoms with van der Waals surface area (Å²) in [6, 6.07) is 11.0. The number of thioether (sulfide) groups is 1. The van der Waals surface area contributed by atoms with E-state index in [9.17, 15) is 0 Å². The molecule has 0 bridgehead atoms. The predicted octanol–water partition coefficient (Wildman–Crippen LogP) is 4.07. The van der Waals surface area contributed by atoms with E-state index in [0.717, 1.165) is 11.3 Å². The monoisotopic (exact) mass is 315 g/mol. The van der Waals surface area contributed by atoms with Gasteiger partial charge in [0.15, 0.2) is 6.19 Å². The molecule has 2 aromatic rings. The highest BCUT2D eigenvalue weighted by atomic mass is 35.5. The molecule has 1 aliphatic rings. The van der Waals surface area contributed by atoms with Crippen molar-refractivity contribution in [2.45, 2.75) is 0 Å². The number of pyridine rings is 1. The number of nitriles is 1. The summed E-state index contributed by atoms with van der Waals surface area (Å²) in [5, 5.41) is 11.5. The Morgan fingerprint density at radius 2 is 2.24 bits per heavy atom. The van der Waals surface area contributed by atoms with Crippen LogP contribution in [0.5, 0.6) is 5.75 Å².